The van der Waals surface area contributed by atoms with Crippen LogP contribution >= 0.6 is 0 Å². The smallest absolute Gasteiger partial charge is 0.305 e. The van der Waals surface area contributed by atoms with Gasteiger partial charge in [0.1, 0.15) is 13.2 Å². The van der Waals surface area contributed by atoms with Gasteiger partial charge < -0.3 is 18.9 Å². The van der Waals surface area contributed by atoms with Crippen molar-refractivity contribution in [2.24, 2.45) is 11.8 Å². The van der Waals surface area contributed by atoms with Crippen LogP contribution in [-0.2, 0) is 28.5 Å². The molecule has 0 saturated carbocycles. The molecule has 0 aromatic heterocycles. The second-order valence-corrected chi connectivity index (χ2v) is 7.16. The molecule has 0 bridgehead atoms. The van der Waals surface area contributed by atoms with E-state index in [9.17, 15) is 9.59 Å². The van der Waals surface area contributed by atoms with Gasteiger partial charge in [0.25, 0.3) is 0 Å². The molecule has 0 aromatic carbocycles. The van der Waals surface area contributed by atoms with E-state index in [1.165, 1.54) is 0 Å². The maximum Gasteiger partial charge on any atom is 0.305 e. The SMILES string of the molecule is CCC(CC)COCCOC(=O)CCCCC(=O)OCCOCC(CC)CC. The molecule has 0 heterocycles. The van der Waals surface area contributed by atoms with Crippen molar-refractivity contribution >= 4 is 11.9 Å². The van der Waals surface area contributed by atoms with E-state index in [-0.39, 0.29) is 25.2 Å². The number of hydrogen-bond donors (Lipinski definition) is 0. The molecule has 0 radical (unpaired) electrons. The zero-order chi connectivity index (χ0) is 21.0. The lowest BCUT2D eigenvalue weighted by atomic mass is 10.1. The van der Waals surface area contributed by atoms with Crippen molar-refractivity contribution in [1.29, 1.82) is 0 Å². The highest BCUT2D eigenvalue weighted by Crippen LogP contribution is 2.08. The standard InChI is InChI=1S/C22H42O6/c1-5-19(6-2)17-25-13-15-27-21(23)11-9-10-12-22(24)28-16-14-26-18-20(7-3)8-4/h19-20H,5-18H2,1-4H3. The summed E-state index contributed by atoms with van der Waals surface area (Å²) in [5.74, 6) is 0.668. The monoisotopic (exact) mass is 402 g/mol. The highest BCUT2D eigenvalue weighted by Gasteiger charge is 2.08. The number of carbonyl (C=O) groups is 2. The van der Waals surface area contributed by atoms with Crippen molar-refractivity contribution in [3.8, 4) is 0 Å². The second kappa shape index (κ2) is 19.2. The zero-order valence-electron chi connectivity index (χ0n) is 18.5. The van der Waals surface area contributed by atoms with Crippen molar-refractivity contribution in [2.75, 3.05) is 39.6 Å². The Morgan fingerprint density at radius 1 is 0.607 bits per heavy atom. The van der Waals surface area contributed by atoms with Crippen LogP contribution in [0.1, 0.15) is 79.1 Å². The molecule has 166 valence electrons. The Balaban J connectivity index is 3.48. The second-order valence-electron chi connectivity index (χ2n) is 7.16. The van der Waals surface area contributed by atoms with Gasteiger partial charge in [-0.25, -0.2) is 0 Å². The number of carbonyl (C=O) groups excluding carboxylic acids is 2. The minimum atomic E-state index is -0.241. The third kappa shape index (κ3) is 15.9. The maximum atomic E-state index is 11.6. The van der Waals surface area contributed by atoms with Crippen molar-refractivity contribution in [1.82, 2.24) is 0 Å². The zero-order valence-corrected chi connectivity index (χ0v) is 18.5. The molecule has 0 N–H and O–H groups in total. The fourth-order valence-corrected chi connectivity index (χ4v) is 2.66. The predicted molar refractivity (Wildman–Crippen MR) is 110 cm³/mol. The molecule has 0 amide bonds. The number of ether oxygens (including phenoxy) is 4. The summed E-state index contributed by atoms with van der Waals surface area (Å²) in [5, 5.41) is 0. The van der Waals surface area contributed by atoms with Crippen LogP contribution in [0.3, 0.4) is 0 Å². The van der Waals surface area contributed by atoms with Gasteiger partial charge in [-0.3, -0.25) is 9.59 Å². The molecular formula is C22H42O6. The number of hydrogen-bond acceptors (Lipinski definition) is 6. The van der Waals surface area contributed by atoms with E-state index in [4.69, 9.17) is 18.9 Å². The maximum absolute atomic E-state index is 11.6. The summed E-state index contributed by atoms with van der Waals surface area (Å²) in [6.07, 6.45) is 6.28. The summed E-state index contributed by atoms with van der Waals surface area (Å²) in [4.78, 5) is 23.3. The highest BCUT2D eigenvalue weighted by molar-refractivity contribution is 5.70. The van der Waals surface area contributed by atoms with Crippen molar-refractivity contribution < 1.29 is 28.5 Å². The van der Waals surface area contributed by atoms with E-state index >= 15 is 0 Å². The Morgan fingerprint density at radius 3 is 1.29 bits per heavy atom. The van der Waals surface area contributed by atoms with Crippen LogP contribution in [0.2, 0.25) is 0 Å². The van der Waals surface area contributed by atoms with Crippen molar-refractivity contribution in [3.63, 3.8) is 0 Å². The molecular weight excluding hydrogens is 360 g/mol. The average molecular weight is 403 g/mol. The molecule has 28 heavy (non-hydrogen) atoms. The Labute approximate surface area is 171 Å². The average Bonchev–Trinajstić information content (AvgIpc) is 2.70. The van der Waals surface area contributed by atoms with Crippen LogP contribution in [-0.4, -0.2) is 51.6 Å². The van der Waals surface area contributed by atoms with E-state index in [2.05, 4.69) is 27.7 Å². The minimum Gasteiger partial charge on any atom is -0.463 e. The molecule has 6 heteroatoms. The van der Waals surface area contributed by atoms with Crippen molar-refractivity contribution in [2.45, 2.75) is 79.1 Å². The van der Waals surface area contributed by atoms with Gasteiger partial charge in [0.2, 0.25) is 0 Å². The quantitative estimate of drug-likeness (QED) is 0.233. The van der Waals surface area contributed by atoms with Crippen LogP contribution in [0.5, 0.6) is 0 Å². The largest absolute Gasteiger partial charge is 0.463 e. The van der Waals surface area contributed by atoms with Gasteiger partial charge in [0.05, 0.1) is 13.2 Å². The summed E-state index contributed by atoms with van der Waals surface area (Å²) in [6, 6.07) is 0. The summed E-state index contributed by atoms with van der Waals surface area (Å²) in [5.41, 5.74) is 0. The van der Waals surface area contributed by atoms with Crippen molar-refractivity contribution in [3.05, 3.63) is 0 Å². The van der Waals surface area contributed by atoms with Gasteiger partial charge in [-0.15, -0.1) is 0 Å². The fourth-order valence-electron chi connectivity index (χ4n) is 2.66. The van der Waals surface area contributed by atoms with Crippen LogP contribution in [0, 0.1) is 11.8 Å². The molecule has 6 nitrogen and oxygen atoms in total. The Bertz CT molecular complexity index is 341. The van der Waals surface area contributed by atoms with Gasteiger partial charge in [0.15, 0.2) is 0 Å². The molecule has 0 atom stereocenters. The lowest BCUT2D eigenvalue weighted by Crippen LogP contribution is -2.15. The Hall–Kier alpha value is -1.14. The van der Waals surface area contributed by atoms with Gasteiger partial charge in [-0.2, -0.15) is 0 Å². The third-order valence-electron chi connectivity index (χ3n) is 5.01. The fraction of sp³-hybridized carbons (Fsp3) is 0.909. The normalized spacial score (nSPS) is 11.2. The van der Waals surface area contributed by atoms with Crippen LogP contribution in [0.25, 0.3) is 0 Å². The molecule has 0 fully saturated rings. The summed E-state index contributed by atoms with van der Waals surface area (Å²) in [7, 11) is 0. The highest BCUT2D eigenvalue weighted by atomic mass is 16.6. The summed E-state index contributed by atoms with van der Waals surface area (Å²) < 4.78 is 21.3. The lowest BCUT2D eigenvalue weighted by Gasteiger charge is -2.12. The lowest BCUT2D eigenvalue weighted by molar-refractivity contribution is -0.147. The number of unbranched alkanes of at least 4 members (excludes halogenated alkanes) is 1. The summed E-state index contributed by atoms with van der Waals surface area (Å²) >= 11 is 0. The molecule has 0 spiro atoms. The molecule has 0 saturated heterocycles. The minimum absolute atomic E-state index is 0.241. The van der Waals surface area contributed by atoms with E-state index in [1.807, 2.05) is 0 Å². The van der Waals surface area contributed by atoms with Gasteiger partial charge in [-0.05, 0) is 24.7 Å². The van der Waals surface area contributed by atoms with E-state index in [0.29, 0.717) is 50.7 Å². The first kappa shape index (κ1) is 26.9. The van der Waals surface area contributed by atoms with Crippen LogP contribution < -0.4 is 0 Å². The summed E-state index contributed by atoms with van der Waals surface area (Å²) in [6.45, 7) is 11.5. The van der Waals surface area contributed by atoms with Crippen LogP contribution in [0.4, 0.5) is 0 Å². The molecule has 0 aliphatic heterocycles. The molecule has 0 aliphatic rings. The first-order valence-electron chi connectivity index (χ1n) is 11.0. The van der Waals surface area contributed by atoms with Gasteiger partial charge in [0, 0.05) is 26.1 Å². The topological polar surface area (TPSA) is 71.1 Å². The van der Waals surface area contributed by atoms with Gasteiger partial charge in [-0.1, -0.05) is 53.4 Å². The first-order valence-corrected chi connectivity index (χ1v) is 11.0. The number of rotatable bonds is 19. The first-order chi connectivity index (χ1) is 13.6. The molecule has 0 rings (SSSR count). The van der Waals surface area contributed by atoms with Gasteiger partial charge >= 0.3 is 11.9 Å². The predicted octanol–water partition coefficient (Wildman–Crippen LogP) is 4.54. The third-order valence-corrected chi connectivity index (χ3v) is 5.01. The molecule has 0 aliphatic carbocycles. The molecule has 0 aromatic rings. The van der Waals surface area contributed by atoms with E-state index < -0.39 is 0 Å². The van der Waals surface area contributed by atoms with Crippen LogP contribution in [0.15, 0.2) is 0 Å². The van der Waals surface area contributed by atoms with E-state index in [0.717, 1.165) is 38.9 Å². The Morgan fingerprint density at radius 2 is 0.964 bits per heavy atom. The molecule has 0 unspecified atom stereocenters. The number of esters is 2. The Kier molecular flexibility index (Phi) is 18.4. The van der Waals surface area contributed by atoms with E-state index in [1.54, 1.807) is 0 Å².